The highest BCUT2D eigenvalue weighted by molar-refractivity contribution is 8.01. The van der Waals surface area contributed by atoms with Crippen molar-refractivity contribution in [2.24, 2.45) is 5.10 Å². The molecular formula is C18H16N4O2S2. The smallest absolute Gasteiger partial charge is 0.250 e. The number of nitrogens with zero attached hydrogens (tertiary/aromatic N) is 3. The summed E-state index contributed by atoms with van der Waals surface area (Å²) < 4.78 is 5.97. The lowest BCUT2D eigenvalue weighted by molar-refractivity contribution is -0.118. The summed E-state index contributed by atoms with van der Waals surface area (Å²) in [5, 5.41) is 13.1. The third kappa shape index (κ3) is 4.90. The third-order valence-electron chi connectivity index (χ3n) is 3.29. The van der Waals surface area contributed by atoms with E-state index in [0.717, 1.165) is 20.5 Å². The molecular weight excluding hydrogens is 368 g/mol. The van der Waals surface area contributed by atoms with Crippen molar-refractivity contribution in [2.45, 2.75) is 4.34 Å². The molecule has 0 atom stereocenters. The minimum absolute atomic E-state index is 0.211. The lowest BCUT2D eigenvalue weighted by Crippen LogP contribution is -2.19. The van der Waals surface area contributed by atoms with E-state index in [1.165, 1.54) is 23.1 Å². The van der Waals surface area contributed by atoms with Gasteiger partial charge in [0.05, 0.1) is 19.1 Å². The number of ether oxygens (including phenoxy) is 1. The fourth-order valence-corrected chi connectivity index (χ4v) is 3.72. The van der Waals surface area contributed by atoms with E-state index in [2.05, 4.69) is 20.7 Å². The van der Waals surface area contributed by atoms with Crippen LogP contribution in [0.5, 0.6) is 5.75 Å². The van der Waals surface area contributed by atoms with Crippen molar-refractivity contribution in [1.82, 2.24) is 15.6 Å². The summed E-state index contributed by atoms with van der Waals surface area (Å²) in [6.45, 7) is 0. The van der Waals surface area contributed by atoms with Crippen LogP contribution in [0.25, 0.3) is 10.6 Å². The zero-order valence-corrected chi connectivity index (χ0v) is 15.6. The molecule has 0 aliphatic rings. The lowest BCUT2D eigenvalue weighted by Gasteiger charge is -2.03. The highest BCUT2D eigenvalue weighted by Crippen LogP contribution is 2.28. The minimum Gasteiger partial charge on any atom is -0.496 e. The van der Waals surface area contributed by atoms with Crippen molar-refractivity contribution in [2.75, 3.05) is 12.9 Å². The predicted octanol–water partition coefficient (Wildman–Crippen LogP) is 3.46. The van der Waals surface area contributed by atoms with Crippen LogP contribution < -0.4 is 10.2 Å². The number of thioether (sulfide) groups is 1. The van der Waals surface area contributed by atoms with E-state index in [1.807, 2.05) is 54.6 Å². The van der Waals surface area contributed by atoms with Crippen molar-refractivity contribution >= 4 is 35.2 Å². The summed E-state index contributed by atoms with van der Waals surface area (Å²) >= 11 is 2.79. The number of amides is 1. The Morgan fingerprint density at radius 2 is 1.96 bits per heavy atom. The van der Waals surface area contributed by atoms with Crippen LogP contribution in [0.2, 0.25) is 0 Å². The molecule has 0 aliphatic carbocycles. The molecule has 0 bridgehead atoms. The van der Waals surface area contributed by atoms with Gasteiger partial charge in [0.2, 0.25) is 0 Å². The van der Waals surface area contributed by atoms with Gasteiger partial charge in [-0.05, 0) is 12.1 Å². The topological polar surface area (TPSA) is 76.5 Å². The van der Waals surface area contributed by atoms with E-state index in [9.17, 15) is 4.79 Å². The van der Waals surface area contributed by atoms with Gasteiger partial charge in [-0.25, -0.2) is 5.43 Å². The monoisotopic (exact) mass is 384 g/mol. The number of nitrogens with one attached hydrogen (secondary N) is 1. The number of methoxy groups -OCH3 is 1. The predicted molar refractivity (Wildman–Crippen MR) is 105 cm³/mol. The molecule has 1 aromatic heterocycles. The Balaban J connectivity index is 1.50. The first-order valence-electron chi connectivity index (χ1n) is 7.73. The average molecular weight is 384 g/mol. The van der Waals surface area contributed by atoms with Gasteiger partial charge in [-0.1, -0.05) is 65.6 Å². The van der Waals surface area contributed by atoms with E-state index >= 15 is 0 Å². The van der Waals surface area contributed by atoms with Crippen LogP contribution in [-0.4, -0.2) is 35.2 Å². The summed E-state index contributed by atoms with van der Waals surface area (Å²) in [5.74, 6) is 0.701. The van der Waals surface area contributed by atoms with Gasteiger partial charge < -0.3 is 4.74 Å². The first-order chi connectivity index (χ1) is 12.8. The SMILES string of the molecule is COc1ccccc1C=NNC(=O)CSc1nnc(-c2ccccc2)s1. The molecule has 3 rings (SSSR count). The van der Waals surface area contributed by atoms with Gasteiger partial charge in [-0.3, -0.25) is 4.79 Å². The van der Waals surface area contributed by atoms with Crippen LogP contribution in [0.1, 0.15) is 5.56 Å². The minimum atomic E-state index is -0.211. The standard InChI is InChI=1S/C18H16N4O2S2/c1-24-15-10-6-5-9-14(15)11-19-20-16(23)12-25-18-22-21-17(26-18)13-7-3-2-4-8-13/h2-11H,12H2,1H3,(H,20,23). The maximum atomic E-state index is 11.9. The van der Waals surface area contributed by atoms with Crippen molar-refractivity contribution in [3.63, 3.8) is 0 Å². The summed E-state index contributed by atoms with van der Waals surface area (Å²) in [6.07, 6.45) is 1.56. The summed E-state index contributed by atoms with van der Waals surface area (Å²) in [4.78, 5) is 11.9. The molecule has 8 heteroatoms. The molecule has 132 valence electrons. The summed E-state index contributed by atoms with van der Waals surface area (Å²) in [7, 11) is 1.59. The molecule has 1 heterocycles. The van der Waals surface area contributed by atoms with Crippen molar-refractivity contribution in [3.05, 3.63) is 60.2 Å². The number of rotatable bonds is 7. The molecule has 1 amide bonds. The van der Waals surface area contributed by atoms with Gasteiger partial charge in [0, 0.05) is 11.1 Å². The van der Waals surface area contributed by atoms with Crippen LogP contribution >= 0.6 is 23.1 Å². The Morgan fingerprint density at radius 1 is 1.19 bits per heavy atom. The maximum absolute atomic E-state index is 11.9. The molecule has 0 saturated carbocycles. The number of benzene rings is 2. The van der Waals surface area contributed by atoms with E-state index in [0.29, 0.717) is 5.75 Å². The zero-order chi connectivity index (χ0) is 18.2. The van der Waals surface area contributed by atoms with Gasteiger partial charge >= 0.3 is 0 Å². The van der Waals surface area contributed by atoms with Crippen molar-refractivity contribution in [1.29, 1.82) is 0 Å². The zero-order valence-electron chi connectivity index (χ0n) is 14.0. The summed E-state index contributed by atoms with van der Waals surface area (Å²) in [6, 6.07) is 17.3. The number of carbonyl (C=O) groups is 1. The third-order valence-corrected chi connectivity index (χ3v) is 5.39. The Morgan fingerprint density at radius 3 is 2.77 bits per heavy atom. The quantitative estimate of drug-likeness (QED) is 0.383. The van der Waals surface area contributed by atoms with Crippen molar-refractivity contribution < 1.29 is 9.53 Å². The first-order valence-corrected chi connectivity index (χ1v) is 9.53. The van der Waals surface area contributed by atoms with Crippen LogP contribution in [0, 0.1) is 0 Å². The van der Waals surface area contributed by atoms with Crippen LogP contribution in [0.4, 0.5) is 0 Å². The number of para-hydroxylation sites is 1. The van der Waals surface area contributed by atoms with Crippen molar-refractivity contribution in [3.8, 4) is 16.3 Å². The molecule has 1 N–H and O–H groups in total. The number of hydrogen-bond donors (Lipinski definition) is 1. The van der Waals surface area contributed by atoms with Crippen LogP contribution in [-0.2, 0) is 4.79 Å². The number of hydrogen-bond acceptors (Lipinski definition) is 7. The normalized spacial score (nSPS) is 10.8. The molecule has 0 aliphatic heterocycles. The van der Waals surface area contributed by atoms with Gasteiger partial charge in [-0.2, -0.15) is 5.10 Å². The maximum Gasteiger partial charge on any atom is 0.250 e. The van der Waals surface area contributed by atoms with E-state index in [4.69, 9.17) is 4.74 Å². The second-order valence-corrected chi connectivity index (χ2v) is 7.26. The molecule has 0 saturated heterocycles. The Labute approximate surface area is 159 Å². The largest absolute Gasteiger partial charge is 0.496 e. The van der Waals surface area contributed by atoms with Gasteiger partial charge in [-0.15, -0.1) is 10.2 Å². The highest BCUT2D eigenvalue weighted by atomic mass is 32.2. The molecule has 2 aromatic carbocycles. The second kappa shape index (κ2) is 9.12. The Kier molecular flexibility index (Phi) is 6.34. The molecule has 0 radical (unpaired) electrons. The van der Waals surface area contributed by atoms with Crippen LogP contribution in [0.15, 0.2) is 64.0 Å². The van der Waals surface area contributed by atoms with E-state index < -0.39 is 0 Å². The van der Waals surface area contributed by atoms with Gasteiger partial charge in [0.25, 0.3) is 5.91 Å². The summed E-state index contributed by atoms with van der Waals surface area (Å²) in [5.41, 5.74) is 4.31. The lowest BCUT2D eigenvalue weighted by atomic mass is 10.2. The highest BCUT2D eigenvalue weighted by Gasteiger charge is 2.09. The molecule has 6 nitrogen and oxygen atoms in total. The first kappa shape index (κ1) is 18.1. The fraction of sp³-hybridized carbons (Fsp3) is 0.111. The van der Waals surface area contributed by atoms with Gasteiger partial charge in [0.1, 0.15) is 10.8 Å². The fourth-order valence-electron chi connectivity index (χ4n) is 2.07. The Bertz CT molecular complexity index is 897. The van der Waals surface area contributed by atoms with E-state index in [1.54, 1.807) is 13.3 Å². The molecule has 0 spiro atoms. The van der Waals surface area contributed by atoms with Gasteiger partial charge in [0.15, 0.2) is 4.34 Å². The number of carbonyl (C=O) groups excluding carboxylic acids is 1. The average Bonchev–Trinajstić information content (AvgIpc) is 3.16. The molecule has 0 fully saturated rings. The molecule has 3 aromatic rings. The Hall–Kier alpha value is -2.71. The van der Waals surface area contributed by atoms with E-state index in [-0.39, 0.29) is 11.7 Å². The van der Waals surface area contributed by atoms with Crippen LogP contribution in [0.3, 0.4) is 0 Å². The molecule has 26 heavy (non-hydrogen) atoms. The molecule has 0 unspecified atom stereocenters. The number of hydrazone groups is 1. The second-order valence-electron chi connectivity index (χ2n) is 5.06. The number of aromatic nitrogens is 2.